The molecule has 6 rings (SSSR count). The lowest BCUT2D eigenvalue weighted by molar-refractivity contribution is -0.406. The molecule has 0 bridgehead atoms. The van der Waals surface area contributed by atoms with E-state index >= 15 is 0 Å². The molecule has 31 heteroatoms. The fourth-order valence-electron chi connectivity index (χ4n) is 8.45. The first-order valence-electron chi connectivity index (χ1n) is 21.1. The molecular formula is C36H62O31. The predicted octanol–water partition coefficient (Wildman–Crippen LogP) is -14.1. The van der Waals surface area contributed by atoms with Gasteiger partial charge in [-0.15, -0.1) is 0 Å². The Morgan fingerprint density at radius 1 is 0.224 bits per heavy atom. The summed E-state index contributed by atoms with van der Waals surface area (Å²) in [5.41, 5.74) is 0. The summed E-state index contributed by atoms with van der Waals surface area (Å²) < 4.78 is 61.2. The predicted molar refractivity (Wildman–Crippen MR) is 199 cm³/mol. The largest absolute Gasteiger partial charge is 0.394 e. The number of rotatable bonds is 16. The highest BCUT2D eigenvalue weighted by atomic mass is 16.8. The van der Waals surface area contributed by atoms with Crippen LogP contribution in [0.1, 0.15) is 0 Å². The molecular weight excluding hydrogens is 928 g/mol. The molecule has 0 aromatic heterocycles. The Hall–Kier alpha value is -1.24. The lowest BCUT2D eigenvalue weighted by Gasteiger charge is -2.50. The van der Waals surface area contributed by atoms with Crippen LogP contribution >= 0.6 is 0 Å². The van der Waals surface area contributed by atoms with Gasteiger partial charge in [0.05, 0.1) is 39.6 Å². The van der Waals surface area contributed by atoms with Crippen molar-refractivity contribution >= 4 is 0 Å². The molecule has 392 valence electrons. The van der Waals surface area contributed by atoms with Crippen molar-refractivity contribution in [1.82, 2.24) is 0 Å². The highest BCUT2D eigenvalue weighted by Gasteiger charge is 2.58. The summed E-state index contributed by atoms with van der Waals surface area (Å²) in [4.78, 5) is 0. The molecule has 6 fully saturated rings. The van der Waals surface area contributed by atoms with Crippen LogP contribution in [0.15, 0.2) is 0 Å². The summed E-state index contributed by atoms with van der Waals surface area (Å²) in [5, 5.41) is 211. The quantitative estimate of drug-likeness (QED) is 0.0683. The number of hydrogen-bond donors (Lipinski definition) is 20. The highest BCUT2D eigenvalue weighted by Crippen LogP contribution is 2.37. The zero-order valence-corrected chi connectivity index (χ0v) is 35.0. The fraction of sp³-hybridized carbons (Fsp3) is 1.00. The van der Waals surface area contributed by atoms with Gasteiger partial charge in [-0.2, -0.15) is 0 Å². The van der Waals surface area contributed by atoms with Crippen LogP contribution in [-0.4, -0.2) is 326 Å². The van der Waals surface area contributed by atoms with Gasteiger partial charge in [0.15, 0.2) is 37.7 Å². The topological polar surface area (TPSA) is 506 Å². The smallest absolute Gasteiger partial charge is 0.187 e. The number of ether oxygens (including phenoxy) is 11. The summed E-state index contributed by atoms with van der Waals surface area (Å²) in [6.07, 6.45) is -59.1. The Morgan fingerprint density at radius 2 is 0.478 bits per heavy atom. The van der Waals surface area contributed by atoms with Crippen molar-refractivity contribution in [3.63, 3.8) is 0 Å². The van der Waals surface area contributed by atoms with Crippen LogP contribution in [0.3, 0.4) is 0 Å². The molecule has 0 saturated carbocycles. The molecule has 0 aromatic rings. The van der Waals surface area contributed by atoms with E-state index in [2.05, 4.69) is 0 Å². The van der Waals surface area contributed by atoms with Gasteiger partial charge in [0.2, 0.25) is 0 Å². The van der Waals surface area contributed by atoms with Gasteiger partial charge in [-0.3, -0.25) is 0 Å². The maximum absolute atomic E-state index is 11.6. The minimum Gasteiger partial charge on any atom is -0.394 e. The number of aliphatic hydroxyl groups excluding tert-OH is 20. The van der Waals surface area contributed by atoms with Gasteiger partial charge in [0.1, 0.15) is 146 Å². The van der Waals surface area contributed by atoms with Gasteiger partial charge in [-0.25, -0.2) is 0 Å². The van der Waals surface area contributed by atoms with Gasteiger partial charge in [0, 0.05) is 0 Å². The standard InChI is InChI=1S/C36H62O31/c37-1-7-14(44)20(50)28(31(56)57-7)65-36-30(22(52)16(46)10(4-40)62-36)67-34-24(54)26(17(47)11(5-41)60-34)63-33-25(55)27(18(48)12(6-42)59-33)64-35-29(21(51)15(45)9(3-39)61-35)66-32-23(53)19(49)13(43)8(2-38)58-32/h7-56H,1-6H2/t7-,8-,9-,10-,11-,12-,13-,14-,15-,16-,17-,18-,19+,20+,21+,22+,23-,24+,25-,26+,27+,28+,29-,30+,31?,32-,33-,34-,35-,36-/m1/s1. The van der Waals surface area contributed by atoms with Crippen molar-refractivity contribution in [2.24, 2.45) is 0 Å². The van der Waals surface area contributed by atoms with Crippen molar-refractivity contribution in [3.8, 4) is 0 Å². The second-order valence-electron chi connectivity index (χ2n) is 16.8. The van der Waals surface area contributed by atoms with Crippen LogP contribution in [0.4, 0.5) is 0 Å². The minimum absolute atomic E-state index is 0.847. The monoisotopic (exact) mass is 990 g/mol. The molecule has 6 aliphatic rings. The first-order chi connectivity index (χ1) is 31.8. The van der Waals surface area contributed by atoms with Crippen molar-refractivity contribution in [1.29, 1.82) is 0 Å². The Bertz CT molecular complexity index is 1510. The molecule has 20 N–H and O–H groups in total. The van der Waals surface area contributed by atoms with E-state index < -0.39 is 224 Å². The number of hydrogen-bond acceptors (Lipinski definition) is 31. The summed E-state index contributed by atoms with van der Waals surface area (Å²) >= 11 is 0. The van der Waals surface area contributed by atoms with E-state index in [0.29, 0.717) is 0 Å². The van der Waals surface area contributed by atoms with Gasteiger partial charge >= 0.3 is 0 Å². The van der Waals surface area contributed by atoms with Crippen molar-refractivity contribution in [3.05, 3.63) is 0 Å². The van der Waals surface area contributed by atoms with Crippen molar-refractivity contribution in [2.75, 3.05) is 39.6 Å². The average molecular weight is 991 g/mol. The summed E-state index contributed by atoms with van der Waals surface area (Å²) in [5.74, 6) is 0. The molecule has 6 saturated heterocycles. The Kier molecular flexibility index (Phi) is 19.4. The van der Waals surface area contributed by atoms with E-state index in [1.54, 1.807) is 0 Å². The van der Waals surface area contributed by atoms with Crippen LogP contribution in [0, 0.1) is 0 Å². The molecule has 31 nitrogen and oxygen atoms in total. The third-order valence-electron chi connectivity index (χ3n) is 12.4. The van der Waals surface area contributed by atoms with E-state index in [0.717, 1.165) is 0 Å². The maximum Gasteiger partial charge on any atom is 0.187 e. The molecule has 6 aliphatic heterocycles. The summed E-state index contributed by atoms with van der Waals surface area (Å²) in [6, 6.07) is 0. The van der Waals surface area contributed by atoms with E-state index in [-0.39, 0.29) is 0 Å². The molecule has 0 amide bonds. The normalized spacial score (nSPS) is 53.4. The van der Waals surface area contributed by atoms with Crippen molar-refractivity contribution in [2.45, 2.75) is 184 Å². The average Bonchev–Trinajstić information content (AvgIpc) is 3.31. The van der Waals surface area contributed by atoms with Crippen LogP contribution in [0.2, 0.25) is 0 Å². The molecule has 1 unspecified atom stereocenters. The Balaban J connectivity index is 1.23. The molecule has 30 atom stereocenters. The van der Waals surface area contributed by atoms with E-state index in [1.165, 1.54) is 0 Å². The van der Waals surface area contributed by atoms with Crippen LogP contribution in [0.25, 0.3) is 0 Å². The third kappa shape index (κ3) is 11.2. The third-order valence-corrected chi connectivity index (χ3v) is 12.4. The maximum atomic E-state index is 11.6. The van der Waals surface area contributed by atoms with Crippen molar-refractivity contribution < 1.29 is 154 Å². The molecule has 0 radical (unpaired) electrons. The lowest BCUT2D eigenvalue weighted by atomic mass is 9.95. The Morgan fingerprint density at radius 3 is 0.851 bits per heavy atom. The van der Waals surface area contributed by atoms with E-state index in [4.69, 9.17) is 52.1 Å². The molecule has 0 aromatic carbocycles. The van der Waals surface area contributed by atoms with Gasteiger partial charge in [-0.1, -0.05) is 0 Å². The number of aliphatic hydroxyl groups is 20. The van der Waals surface area contributed by atoms with Crippen LogP contribution in [-0.2, 0) is 52.1 Å². The zero-order valence-electron chi connectivity index (χ0n) is 35.0. The van der Waals surface area contributed by atoms with E-state index in [9.17, 15) is 102 Å². The first kappa shape index (κ1) is 55.1. The first-order valence-corrected chi connectivity index (χ1v) is 21.1. The zero-order chi connectivity index (χ0) is 49.3. The molecule has 67 heavy (non-hydrogen) atoms. The highest BCUT2D eigenvalue weighted by molar-refractivity contribution is 5.00. The molecule has 6 heterocycles. The lowest BCUT2D eigenvalue weighted by Crippen LogP contribution is -2.68. The van der Waals surface area contributed by atoms with Crippen LogP contribution < -0.4 is 0 Å². The SMILES string of the molecule is OC[C@H]1O[C@H](O[C@H]2[C@@H](O[C@@H]3[C@@H](O)[C@@H](O[C@@H]4[C@H](O)[C@@H](O[C@@H]5[C@@H](O[C@@H]6C(O)O[C@H](CO)[C@@H](O)[C@@H]6O)O[C@H](CO)[C@@H](O)[C@@H]5O)O[C@H](CO)[C@H]4O)O[C@H](CO)[C@H]3O)O[C@H](CO)[C@@H](O)[C@@H]2O)[C@H](O)[C@@H](O)[C@@H]1O. The van der Waals surface area contributed by atoms with Crippen LogP contribution in [0.5, 0.6) is 0 Å². The minimum atomic E-state index is -2.28. The second-order valence-corrected chi connectivity index (χ2v) is 16.8. The van der Waals surface area contributed by atoms with Gasteiger partial charge < -0.3 is 154 Å². The molecule has 0 aliphatic carbocycles. The second kappa shape index (κ2) is 23.5. The molecule has 0 spiro atoms. The fourth-order valence-corrected chi connectivity index (χ4v) is 8.45. The van der Waals surface area contributed by atoms with Gasteiger partial charge in [-0.05, 0) is 0 Å². The summed E-state index contributed by atoms with van der Waals surface area (Å²) in [6.45, 7) is -5.79. The van der Waals surface area contributed by atoms with E-state index in [1.807, 2.05) is 0 Å². The summed E-state index contributed by atoms with van der Waals surface area (Å²) in [7, 11) is 0. The Labute approximate surface area is 378 Å². The van der Waals surface area contributed by atoms with Gasteiger partial charge in [0.25, 0.3) is 0 Å².